The number of aromatic carboxylic acids is 1. The van der Waals surface area contributed by atoms with E-state index in [1.807, 2.05) is 30.3 Å². The van der Waals surface area contributed by atoms with Crippen molar-refractivity contribution < 1.29 is 23.9 Å². The van der Waals surface area contributed by atoms with E-state index in [9.17, 15) is 19.5 Å². The molecule has 1 saturated heterocycles. The molecule has 0 bridgehead atoms. The highest BCUT2D eigenvalue weighted by Gasteiger charge is 2.35. The topological polar surface area (TPSA) is 99.9 Å². The molecule has 0 spiro atoms. The number of carbonyl (C=O) groups is 3. The van der Waals surface area contributed by atoms with Gasteiger partial charge in [0.1, 0.15) is 17.1 Å². The Bertz CT molecular complexity index is 1210. The molecule has 0 atom stereocenters. The Morgan fingerprint density at radius 1 is 1.03 bits per heavy atom. The van der Waals surface area contributed by atoms with E-state index in [2.05, 4.69) is 5.32 Å². The number of thiocarbonyl (C=S) groups is 1. The van der Waals surface area contributed by atoms with Crippen molar-refractivity contribution in [3.63, 3.8) is 0 Å². The average molecular weight is 418 g/mol. The van der Waals surface area contributed by atoms with Gasteiger partial charge in [-0.2, -0.15) is 0 Å². The first-order valence-corrected chi connectivity index (χ1v) is 9.25. The first-order valence-electron chi connectivity index (χ1n) is 8.84. The van der Waals surface area contributed by atoms with E-state index in [1.54, 1.807) is 12.1 Å². The molecule has 0 aliphatic carbocycles. The zero-order valence-corrected chi connectivity index (χ0v) is 16.2. The van der Waals surface area contributed by atoms with Crippen LogP contribution >= 0.6 is 12.2 Å². The van der Waals surface area contributed by atoms with E-state index in [0.29, 0.717) is 11.5 Å². The normalized spacial score (nSPS) is 15.4. The maximum absolute atomic E-state index is 13.0. The monoisotopic (exact) mass is 418 g/mol. The first-order chi connectivity index (χ1) is 14.4. The molecule has 4 rings (SSSR count). The second kappa shape index (κ2) is 7.76. The van der Waals surface area contributed by atoms with Crippen molar-refractivity contribution >= 4 is 46.9 Å². The summed E-state index contributed by atoms with van der Waals surface area (Å²) in [6.45, 7) is 0. The van der Waals surface area contributed by atoms with Gasteiger partial charge in [-0.15, -0.1) is 0 Å². The molecule has 0 unspecified atom stereocenters. The smallest absolute Gasteiger partial charge is 0.335 e. The van der Waals surface area contributed by atoms with Crippen LogP contribution in [-0.4, -0.2) is 28.0 Å². The zero-order valence-electron chi connectivity index (χ0n) is 15.4. The van der Waals surface area contributed by atoms with Crippen molar-refractivity contribution in [3.8, 4) is 11.3 Å². The fourth-order valence-electron chi connectivity index (χ4n) is 3.00. The van der Waals surface area contributed by atoms with Crippen LogP contribution in [0, 0.1) is 0 Å². The number of anilines is 1. The van der Waals surface area contributed by atoms with Gasteiger partial charge >= 0.3 is 5.97 Å². The highest BCUT2D eigenvalue weighted by Crippen LogP contribution is 2.26. The second-order valence-electron chi connectivity index (χ2n) is 6.38. The Kier molecular flexibility index (Phi) is 4.99. The van der Waals surface area contributed by atoms with Crippen molar-refractivity contribution in [2.45, 2.75) is 0 Å². The van der Waals surface area contributed by atoms with Crippen LogP contribution in [0.5, 0.6) is 0 Å². The van der Waals surface area contributed by atoms with Crippen LogP contribution < -0.4 is 10.2 Å². The number of amides is 2. The molecular formula is C22H14N2O5S. The molecule has 1 fully saturated rings. The minimum atomic E-state index is -1.14. The van der Waals surface area contributed by atoms with Crippen LogP contribution in [0.4, 0.5) is 5.69 Å². The predicted molar refractivity (Wildman–Crippen MR) is 114 cm³/mol. The van der Waals surface area contributed by atoms with E-state index >= 15 is 0 Å². The maximum atomic E-state index is 13.0. The number of furan rings is 1. The highest BCUT2D eigenvalue weighted by atomic mass is 32.1. The minimum absolute atomic E-state index is 0.0101. The van der Waals surface area contributed by atoms with E-state index < -0.39 is 17.8 Å². The fraction of sp³-hybridized carbons (Fsp3) is 0. The minimum Gasteiger partial charge on any atom is -0.478 e. The largest absolute Gasteiger partial charge is 0.478 e. The summed E-state index contributed by atoms with van der Waals surface area (Å²) < 4.78 is 5.75. The number of carboxylic acid groups (broad SMARTS) is 1. The molecule has 1 aliphatic rings. The third kappa shape index (κ3) is 3.63. The van der Waals surface area contributed by atoms with E-state index in [0.717, 1.165) is 10.5 Å². The van der Waals surface area contributed by atoms with Crippen molar-refractivity contribution in [2.75, 3.05) is 4.90 Å². The SMILES string of the molecule is O=C1NC(=S)N(c2cccc(C(=O)O)c2)C(=O)C1=Cc1ccc(-c2ccccc2)o1. The third-order valence-corrected chi connectivity index (χ3v) is 4.71. The summed E-state index contributed by atoms with van der Waals surface area (Å²) in [6, 6.07) is 18.5. The third-order valence-electron chi connectivity index (χ3n) is 4.42. The number of carbonyl (C=O) groups excluding carboxylic acids is 2. The molecule has 1 aliphatic heterocycles. The molecule has 2 aromatic carbocycles. The summed E-state index contributed by atoms with van der Waals surface area (Å²) in [5.41, 5.74) is 0.900. The Morgan fingerprint density at radius 2 is 1.80 bits per heavy atom. The van der Waals surface area contributed by atoms with Crippen LogP contribution in [0.1, 0.15) is 16.1 Å². The van der Waals surface area contributed by atoms with Crippen molar-refractivity contribution in [2.24, 2.45) is 0 Å². The van der Waals surface area contributed by atoms with Crippen LogP contribution in [0.2, 0.25) is 0 Å². The number of nitrogens with one attached hydrogen (secondary N) is 1. The summed E-state index contributed by atoms with van der Waals surface area (Å²) >= 11 is 5.13. The molecule has 8 heteroatoms. The zero-order chi connectivity index (χ0) is 21.3. The van der Waals surface area contributed by atoms with E-state index in [-0.39, 0.29) is 21.9 Å². The van der Waals surface area contributed by atoms with Gasteiger partial charge in [0.15, 0.2) is 5.11 Å². The van der Waals surface area contributed by atoms with Gasteiger partial charge in [-0.05, 0) is 48.6 Å². The molecule has 3 aromatic rings. The lowest BCUT2D eigenvalue weighted by Crippen LogP contribution is -2.54. The van der Waals surface area contributed by atoms with Crippen molar-refractivity contribution in [1.29, 1.82) is 0 Å². The number of nitrogens with zero attached hydrogens (tertiary/aromatic N) is 1. The Morgan fingerprint density at radius 3 is 2.53 bits per heavy atom. The molecule has 148 valence electrons. The number of rotatable bonds is 4. The number of hydrogen-bond acceptors (Lipinski definition) is 5. The van der Waals surface area contributed by atoms with Gasteiger partial charge in [0, 0.05) is 5.56 Å². The van der Waals surface area contributed by atoms with Gasteiger partial charge in [0.2, 0.25) is 0 Å². The molecule has 2 heterocycles. The summed E-state index contributed by atoms with van der Waals surface area (Å²) in [5.74, 6) is -1.57. The predicted octanol–water partition coefficient (Wildman–Crippen LogP) is 3.48. The van der Waals surface area contributed by atoms with Gasteiger partial charge in [0.25, 0.3) is 11.8 Å². The molecule has 7 nitrogen and oxygen atoms in total. The molecular weight excluding hydrogens is 404 g/mol. The van der Waals surface area contributed by atoms with Crippen LogP contribution in [0.3, 0.4) is 0 Å². The van der Waals surface area contributed by atoms with E-state index in [1.165, 1.54) is 30.3 Å². The van der Waals surface area contributed by atoms with Gasteiger partial charge in [0.05, 0.1) is 11.3 Å². The maximum Gasteiger partial charge on any atom is 0.335 e. The number of hydrogen-bond donors (Lipinski definition) is 2. The molecule has 2 N–H and O–H groups in total. The van der Waals surface area contributed by atoms with Crippen LogP contribution in [0.25, 0.3) is 17.4 Å². The standard InChI is InChI=1S/C22H14N2O5S/c25-19-17(12-16-9-10-18(29-16)13-5-2-1-3-6-13)20(26)24(22(30)23-19)15-8-4-7-14(11-15)21(27)28/h1-12H,(H,27,28)(H,23,25,30). The van der Waals surface area contributed by atoms with Gasteiger partial charge < -0.3 is 9.52 Å². The molecule has 2 amide bonds. The average Bonchev–Trinajstić information content (AvgIpc) is 3.20. The number of benzene rings is 2. The highest BCUT2D eigenvalue weighted by molar-refractivity contribution is 7.80. The summed E-state index contributed by atoms with van der Waals surface area (Å²) in [6.07, 6.45) is 1.33. The quantitative estimate of drug-likeness (QED) is 0.382. The lowest BCUT2D eigenvalue weighted by Gasteiger charge is -2.28. The number of carboxylic acids is 1. The molecule has 0 radical (unpaired) electrons. The van der Waals surface area contributed by atoms with Crippen molar-refractivity contribution in [1.82, 2.24) is 5.32 Å². The summed E-state index contributed by atoms with van der Waals surface area (Å²) in [7, 11) is 0. The van der Waals surface area contributed by atoms with Crippen molar-refractivity contribution in [3.05, 3.63) is 83.6 Å². The van der Waals surface area contributed by atoms with Gasteiger partial charge in [-0.25, -0.2) is 4.79 Å². The lowest BCUT2D eigenvalue weighted by molar-refractivity contribution is -0.122. The molecule has 30 heavy (non-hydrogen) atoms. The van der Waals surface area contributed by atoms with E-state index in [4.69, 9.17) is 16.6 Å². The van der Waals surface area contributed by atoms with Gasteiger partial charge in [-0.3, -0.25) is 19.8 Å². The summed E-state index contributed by atoms with van der Waals surface area (Å²) in [4.78, 5) is 37.8. The Labute approximate surface area is 176 Å². The fourth-order valence-corrected chi connectivity index (χ4v) is 3.28. The second-order valence-corrected chi connectivity index (χ2v) is 6.77. The Hall–Kier alpha value is -4.04. The molecule has 1 aromatic heterocycles. The lowest BCUT2D eigenvalue weighted by atomic mass is 10.1. The van der Waals surface area contributed by atoms with Gasteiger partial charge in [-0.1, -0.05) is 36.4 Å². The summed E-state index contributed by atoms with van der Waals surface area (Å²) in [5, 5.41) is 11.5. The first kappa shape index (κ1) is 19.3. The van der Waals surface area contributed by atoms with Crippen LogP contribution in [0.15, 0.2) is 76.7 Å². The van der Waals surface area contributed by atoms with Crippen LogP contribution in [-0.2, 0) is 9.59 Å². The molecule has 0 saturated carbocycles. The Balaban J connectivity index is 1.69.